The molecular weight excluding hydrogens is 404 g/mol. The summed E-state index contributed by atoms with van der Waals surface area (Å²) in [6.07, 6.45) is 0.813. The fourth-order valence-corrected chi connectivity index (χ4v) is 4.12. The molecule has 9 heteroatoms. The number of benzene rings is 1. The number of aromatic nitrogens is 2. The van der Waals surface area contributed by atoms with Gasteiger partial charge in [-0.3, -0.25) is 14.2 Å². The number of carbonyl (C=O) groups is 1. The summed E-state index contributed by atoms with van der Waals surface area (Å²) >= 11 is 2.49. The Morgan fingerprint density at radius 2 is 2.07 bits per heavy atom. The van der Waals surface area contributed by atoms with Gasteiger partial charge in [0.05, 0.1) is 11.3 Å². The minimum atomic E-state index is -1.03. The summed E-state index contributed by atoms with van der Waals surface area (Å²) in [5, 5.41) is 4.80. The van der Waals surface area contributed by atoms with Crippen LogP contribution in [-0.2, 0) is 11.3 Å². The van der Waals surface area contributed by atoms with Gasteiger partial charge in [0.25, 0.3) is 5.56 Å². The molecule has 0 spiro atoms. The van der Waals surface area contributed by atoms with Crippen LogP contribution in [0.1, 0.15) is 20.3 Å². The molecule has 0 unspecified atom stereocenters. The zero-order valence-corrected chi connectivity index (χ0v) is 17.0. The molecule has 0 bridgehead atoms. The number of nitrogens with zero attached hydrogens (tertiary/aromatic N) is 2. The van der Waals surface area contributed by atoms with Gasteiger partial charge >= 0.3 is 0 Å². The van der Waals surface area contributed by atoms with Gasteiger partial charge in [0.2, 0.25) is 5.91 Å². The Balaban J connectivity index is 1.76. The van der Waals surface area contributed by atoms with Crippen molar-refractivity contribution in [1.82, 2.24) is 9.55 Å². The molecular formula is C19H19F2N3O2S2. The molecule has 28 heavy (non-hydrogen) atoms. The highest BCUT2D eigenvalue weighted by Crippen LogP contribution is 2.22. The Hall–Kier alpha value is -2.26. The van der Waals surface area contributed by atoms with E-state index in [9.17, 15) is 18.4 Å². The van der Waals surface area contributed by atoms with Crippen LogP contribution in [0.2, 0.25) is 0 Å². The molecule has 0 aliphatic rings. The van der Waals surface area contributed by atoms with Crippen molar-refractivity contribution in [3.63, 3.8) is 0 Å². The van der Waals surface area contributed by atoms with Crippen molar-refractivity contribution < 1.29 is 13.6 Å². The molecule has 5 nitrogen and oxygen atoms in total. The molecule has 0 radical (unpaired) electrons. The minimum absolute atomic E-state index is 0.0112. The molecule has 0 aliphatic carbocycles. The van der Waals surface area contributed by atoms with E-state index in [1.54, 1.807) is 10.6 Å². The van der Waals surface area contributed by atoms with Crippen molar-refractivity contribution in [3.05, 3.63) is 51.6 Å². The Morgan fingerprint density at radius 3 is 2.79 bits per heavy atom. The van der Waals surface area contributed by atoms with Gasteiger partial charge in [-0.15, -0.1) is 11.3 Å². The molecule has 1 amide bonds. The number of hydrogen-bond acceptors (Lipinski definition) is 5. The van der Waals surface area contributed by atoms with Crippen LogP contribution in [-0.4, -0.2) is 21.2 Å². The van der Waals surface area contributed by atoms with E-state index in [2.05, 4.69) is 24.1 Å². The summed E-state index contributed by atoms with van der Waals surface area (Å²) in [7, 11) is 0. The normalized spacial score (nSPS) is 11.3. The van der Waals surface area contributed by atoms with E-state index in [1.165, 1.54) is 17.4 Å². The predicted octanol–water partition coefficient (Wildman–Crippen LogP) is 4.51. The molecule has 0 atom stereocenters. The van der Waals surface area contributed by atoms with Gasteiger partial charge in [0.1, 0.15) is 4.70 Å². The number of thiophene rings is 1. The van der Waals surface area contributed by atoms with Gasteiger partial charge < -0.3 is 5.32 Å². The third-order valence-corrected chi connectivity index (χ3v) is 5.86. The highest BCUT2D eigenvalue weighted by molar-refractivity contribution is 7.99. The van der Waals surface area contributed by atoms with Crippen molar-refractivity contribution >= 4 is 44.9 Å². The van der Waals surface area contributed by atoms with Gasteiger partial charge in [-0.25, -0.2) is 13.8 Å². The minimum Gasteiger partial charge on any atom is -0.325 e. The van der Waals surface area contributed by atoms with Gasteiger partial charge in [-0.05, 0) is 35.9 Å². The number of rotatable bonds is 7. The summed E-state index contributed by atoms with van der Waals surface area (Å²) < 4.78 is 28.5. The summed E-state index contributed by atoms with van der Waals surface area (Å²) in [5.41, 5.74) is 0.673. The molecule has 1 aromatic carbocycles. The lowest BCUT2D eigenvalue weighted by atomic mass is 10.1. The second-order valence-electron chi connectivity index (χ2n) is 6.63. The van der Waals surface area contributed by atoms with Crippen molar-refractivity contribution in [2.75, 3.05) is 11.1 Å². The topological polar surface area (TPSA) is 64.0 Å². The number of fused-ring (bicyclic) bond motifs is 1. The summed E-state index contributed by atoms with van der Waals surface area (Å²) in [4.78, 5) is 29.5. The predicted molar refractivity (Wildman–Crippen MR) is 109 cm³/mol. The van der Waals surface area contributed by atoms with Crippen LogP contribution in [0.5, 0.6) is 0 Å². The number of anilines is 1. The maximum Gasteiger partial charge on any atom is 0.272 e. The maximum absolute atomic E-state index is 13.3. The number of amides is 1. The SMILES string of the molecule is CC(C)CCn1c(SCC(=O)Nc2ccc(F)c(F)c2)nc2ccsc2c1=O. The Morgan fingerprint density at radius 1 is 1.29 bits per heavy atom. The van der Waals surface area contributed by atoms with E-state index in [0.29, 0.717) is 27.8 Å². The average Bonchev–Trinajstić information content (AvgIpc) is 3.11. The van der Waals surface area contributed by atoms with Crippen molar-refractivity contribution in [2.24, 2.45) is 5.92 Å². The monoisotopic (exact) mass is 423 g/mol. The zero-order chi connectivity index (χ0) is 20.3. The second-order valence-corrected chi connectivity index (χ2v) is 8.49. The molecule has 0 aliphatic heterocycles. The molecule has 148 valence electrons. The van der Waals surface area contributed by atoms with Crippen molar-refractivity contribution in [1.29, 1.82) is 0 Å². The highest BCUT2D eigenvalue weighted by atomic mass is 32.2. The molecule has 2 aromatic heterocycles. The molecule has 1 N–H and O–H groups in total. The van der Waals surface area contributed by atoms with E-state index < -0.39 is 17.5 Å². The first-order valence-corrected chi connectivity index (χ1v) is 10.6. The lowest BCUT2D eigenvalue weighted by molar-refractivity contribution is -0.113. The Labute approximate surface area is 168 Å². The fourth-order valence-electron chi connectivity index (χ4n) is 2.52. The Kier molecular flexibility index (Phi) is 6.46. The van der Waals surface area contributed by atoms with Gasteiger partial charge in [0.15, 0.2) is 16.8 Å². The Bertz CT molecular complexity index is 1060. The second kappa shape index (κ2) is 8.83. The molecule has 0 saturated carbocycles. The number of hydrogen-bond donors (Lipinski definition) is 1. The zero-order valence-electron chi connectivity index (χ0n) is 15.4. The van der Waals surface area contributed by atoms with Crippen LogP contribution in [0, 0.1) is 17.6 Å². The first-order valence-electron chi connectivity index (χ1n) is 8.71. The van der Waals surface area contributed by atoms with Crippen molar-refractivity contribution in [2.45, 2.75) is 32.0 Å². The van der Waals surface area contributed by atoms with E-state index in [0.717, 1.165) is 30.3 Å². The summed E-state index contributed by atoms with van der Waals surface area (Å²) in [5.74, 6) is -2.00. The first kappa shape index (κ1) is 20.5. The third-order valence-electron chi connectivity index (χ3n) is 4.00. The molecule has 0 fully saturated rings. The summed E-state index contributed by atoms with van der Waals surface area (Å²) in [6, 6.07) is 4.94. The summed E-state index contributed by atoms with van der Waals surface area (Å²) in [6.45, 7) is 4.67. The van der Waals surface area contributed by atoms with E-state index in [4.69, 9.17) is 0 Å². The fraction of sp³-hybridized carbons (Fsp3) is 0.316. The van der Waals surface area contributed by atoms with Crippen LogP contribution >= 0.6 is 23.1 Å². The van der Waals surface area contributed by atoms with Gasteiger partial charge in [-0.1, -0.05) is 25.6 Å². The number of halogens is 2. The van der Waals surface area contributed by atoms with Crippen LogP contribution < -0.4 is 10.9 Å². The number of carbonyl (C=O) groups excluding carboxylic acids is 1. The van der Waals surface area contributed by atoms with E-state index in [1.807, 2.05) is 5.38 Å². The largest absolute Gasteiger partial charge is 0.325 e. The maximum atomic E-state index is 13.3. The van der Waals surface area contributed by atoms with Gasteiger partial charge in [0, 0.05) is 18.3 Å². The first-order chi connectivity index (χ1) is 13.3. The molecule has 0 saturated heterocycles. The van der Waals surface area contributed by atoms with Crippen LogP contribution in [0.3, 0.4) is 0 Å². The van der Waals surface area contributed by atoms with Gasteiger partial charge in [-0.2, -0.15) is 0 Å². The lowest BCUT2D eigenvalue weighted by Gasteiger charge is -2.13. The smallest absolute Gasteiger partial charge is 0.272 e. The average molecular weight is 424 g/mol. The number of nitrogens with one attached hydrogen (secondary N) is 1. The van der Waals surface area contributed by atoms with Crippen molar-refractivity contribution in [3.8, 4) is 0 Å². The molecule has 3 aromatic rings. The quantitative estimate of drug-likeness (QED) is 0.449. The standard InChI is InChI=1S/C19H19F2N3O2S2/c1-11(2)5-7-24-18(26)17-15(6-8-27-17)23-19(24)28-10-16(25)22-12-3-4-13(20)14(21)9-12/h3-4,6,8-9,11H,5,7,10H2,1-2H3,(H,22,25). The number of thioether (sulfide) groups is 1. The molecule has 3 rings (SSSR count). The van der Waals surface area contributed by atoms with E-state index in [-0.39, 0.29) is 17.0 Å². The third kappa shape index (κ3) is 4.77. The van der Waals surface area contributed by atoms with E-state index >= 15 is 0 Å². The van der Waals surface area contributed by atoms with Crippen LogP contribution in [0.25, 0.3) is 10.2 Å². The van der Waals surface area contributed by atoms with Crippen LogP contribution in [0.4, 0.5) is 14.5 Å². The van der Waals surface area contributed by atoms with Crippen LogP contribution in [0.15, 0.2) is 39.6 Å². The highest BCUT2D eigenvalue weighted by Gasteiger charge is 2.15. The molecule has 2 heterocycles. The lowest BCUT2D eigenvalue weighted by Crippen LogP contribution is -2.24.